The molecule has 2 rings (SSSR count). The van der Waals surface area contributed by atoms with Crippen molar-refractivity contribution in [1.29, 1.82) is 0 Å². The van der Waals surface area contributed by atoms with Gasteiger partial charge in [0.15, 0.2) is 0 Å². The van der Waals surface area contributed by atoms with Crippen molar-refractivity contribution in [2.75, 3.05) is 13.7 Å². The van der Waals surface area contributed by atoms with Crippen LogP contribution in [0, 0.1) is 0 Å². The summed E-state index contributed by atoms with van der Waals surface area (Å²) in [5, 5.41) is 3.24. The molecule has 70 valence electrons. The van der Waals surface area contributed by atoms with Crippen LogP contribution in [0.2, 0.25) is 0 Å². The van der Waals surface area contributed by atoms with Gasteiger partial charge in [0.05, 0.1) is 19.3 Å². The first-order valence-electron chi connectivity index (χ1n) is 4.34. The second-order valence-corrected chi connectivity index (χ2v) is 4.12. The molecule has 0 bridgehead atoms. The van der Waals surface area contributed by atoms with E-state index in [-0.39, 0.29) is 0 Å². The van der Waals surface area contributed by atoms with Crippen molar-refractivity contribution < 1.29 is 4.74 Å². The van der Waals surface area contributed by atoms with Crippen LogP contribution in [-0.4, -0.2) is 13.7 Å². The maximum absolute atomic E-state index is 5.47. The van der Waals surface area contributed by atoms with E-state index in [1.807, 2.05) is 7.05 Å². The number of ether oxygens (including phenoxy) is 1. The zero-order chi connectivity index (χ0) is 9.26. The van der Waals surface area contributed by atoms with E-state index in [0.29, 0.717) is 6.04 Å². The smallest absolute Gasteiger partial charge is 0.0721 e. The summed E-state index contributed by atoms with van der Waals surface area (Å²) in [7, 11) is 1.96. The highest BCUT2D eigenvalue weighted by Gasteiger charge is 2.18. The van der Waals surface area contributed by atoms with Crippen molar-refractivity contribution in [3.63, 3.8) is 0 Å². The molecular formula is C10H12BrNO. The van der Waals surface area contributed by atoms with E-state index in [9.17, 15) is 0 Å². The molecule has 0 aromatic heterocycles. The molecule has 13 heavy (non-hydrogen) atoms. The molecule has 0 spiro atoms. The summed E-state index contributed by atoms with van der Waals surface area (Å²) in [6.07, 6.45) is 0. The van der Waals surface area contributed by atoms with Crippen molar-refractivity contribution in [2.24, 2.45) is 0 Å². The summed E-state index contributed by atoms with van der Waals surface area (Å²) in [6, 6.07) is 6.70. The molecule has 0 aliphatic carbocycles. The SMILES string of the molecule is CNC1COCc2cc(Br)ccc21. The Morgan fingerprint density at radius 3 is 3.15 bits per heavy atom. The van der Waals surface area contributed by atoms with Gasteiger partial charge in [-0.1, -0.05) is 22.0 Å². The lowest BCUT2D eigenvalue weighted by molar-refractivity contribution is 0.0844. The van der Waals surface area contributed by atoms with Gasteiger partial charge in [-0.15, -0.1) is 0 Å². The van der Waals surface area contributed by atoms with E-state index in [0.717, 1.165) is 17.7 Å². The first-order chi connectivity index (χ1) is 6.31. The molecule has 0 saturated carbocycles. The number of hydrogen-bond donors (Lipinski definition) is 1. The highest BCUT2D eigenvalue weighted by atomic mass is 79.9. The molecule has 0 fully saturated rings. The van der Waals surface area contributed by atoms with Gasteiger partial charge in [-0.3, -0.25) is 0 Å². The minimum Gasteiger partial charge on any atom is -0.375 e. The molecule has 3 heteroatoms. The second-order valence-electron chi connectivity index (χ2n) is 3.20. The molecule has 1 heterocycles. The molecule has 2 nitrogen and oxygen atoms in total. The van der Waals surface area contributed by atoms with E-state index in [4.69, 9.17) is 4.74 Å². The van der Waals surface area contributed by atoms with Gasteiger partial charge < -0.3 is 10.1 Å². The third-order valence-electron chi connectivity index (χ3n) is 2.37. The molecule has 1 N–H and O–H groups in total. The molecule has 1 aromatic rings. The molecule has 0 amide bonds. The van der Waals surface area contributed by atoms with Gasteiger partial charge in [0.2, 0.25) is 0 Å². The van der Waals surface area contributed by atoms with Gasteiger partial charge in [-0.05, 0) is 30.3 Å². The zero-order valence-corrected chi connectivity index (χ0v) is 9.10. The topological polar surface area (TPSA) is 21.3 Å². The lowest BCUT2D eigenvalue weighted by Gasteiger charge is -2.25. The van der Waals surface area contributed by atoms with Gasteiger partial charge >= 0.3 is 0 Å². The van der Waals surface area contributed by atoms with Crippen LogP contribution in [0.25, 0.3) is 0 Å². The monoisotopic (exact) mass is 241 g/mol. The van der Waals surface area contributed by atoms with Gasteiger partial charge in [0, 0.05) is 4.47 Å². The maximum Gasteiger partial charge on any atom is 0.0721 e. The minimum absolute atomic E-state index is 0.344. The van der Waals surface area contributed by atoms with Crippen LogP contribution in [0.1, 0.15) is 17.2 Å². The van der Waals surface area contributed by atoms with Gasteiger partial charge in [0.25, 0.3) is 0 Å². The number of nitrogens with one attached hydrogen (secondary N) is 1. The number of rotatable bonds is 1. The Hall–Kier alpha value is -0.380. The Morgan fingerprint density at radius 1 is 1.54 bits per heavy atom. The Labute approximate surface area is 86.4 Å². The summed E-state index contributed by atoms with van der Waals surface area (Å²) in [5.41, 5.74) is 2.64. The number of benzene rings is 1. The predicted molar refractivity (Wildman–Crippen MR) is 55.6 cm³/mol. The third-order valence-corrected chi connectivity index (χ3v) is 2.86. The fourth-order valence-corrected chi connectivity index (χ4v) is 2.06. The molecule has 1 aliphatic rings. The lowest BCUT2D eigenvalue weighted by Crippen LogP contribution is -2.26. The van der Waals surface area contributed by atoms with Crippen molar-refractivity contribution in [3.8, 4) is 0 Å². The number of fused-ring (bicyclic) bond motifs is 1. The standard InChI is InChI=1S/C10H12BrNO/c1-12-10-6-13-5-7-4-8(11)2-3-9(7)10/h2-4,10,12H,5-6H2,1H3. The second kappa shape index (κ2) is 3.78. The van der Waals surface area contributed by atoms with Crippen molar-refractivity contribution in [2.45, 2.75) is 12.6 Å². The maximum atomic E-state index is 5.47. The Bertz CT molecular complexity index is 314. The third kappa shape index (κ3) is 1.77. The van der Waals surface area contributed by atoms with E-state index in [1.54, 1.807) is 0 Å². The number of hydrogen-bond acceptors (Lipinski definition) is 2. The Kier molecular flexibility index (Phi) is 2.67. The molecular weight excluding hydrogens is 230 g/mol. The van der Waals surface area contributed by atoms with E-state index in [1.165, 1.54) is 11.1 Å². The highest BCUT2D eigenvalue weighted by molar-refractivity contribution is 9.10. The Morgan fingerprint density at radius 2 is 2.38 bits per heavy atom. The Balaban J connectivity index is 2.40. The van der Waals surface area contributed by atoms with Crippen LogP contribution in [0.4, 0.5) is 0 Å². The zero-order valence-electron chi connectivity index (χ0n) is 7.51. The van der Waals surface area contributed by atoms with Crippen molar-refractivity contribution >= 4 is 15.9 Å². The molecule has 1 aromatic carbocycles. The van der Waals surface area contributed by atoms with Crippen LogP contribution >= 0.6 is 15.9 Å². The fourth-order valence-electron chi connectivity index (χ4n) is 1.65. The molecule has 1 unspecified atom stereocenters. The van der Waals surface area contributed by atoms with E-state index >= 15 is 0 Å². The van der Waals surface area contributed by atoms with Crippen molar-refractivity contribution in [3.05, 3.63) is 33.8 Å². The summed E-state index contributed by atoms with van der Waals surface area (Å²) < 4.78 is 6.59. The predicted octanol–water partition coefficient (Wildman–Crippen LogP) is 2.24. The minimum atomic E-state index is 0.344. The van der Waals surface area contributed by atoms with Crippen LogP contribution in [-0.2, 0) is 11.3 Å². The molecule has 1 aliphatic heterocycles. The van der Waals surface area contributed by atoms with Gasteiger partial charge in [-0.2, -0.15) is 0 Å². The first-order valence-corrected chi connectivity index (χ1v) is 5.14. The average molecular weight is 242 g/mol. The number of halogens is 1. The summed E-state index contributed by atoms with van der Waals surface area (Å²) in [6.45, 7) is 1.50. The first kappa shape index (κ1) is 9.19. The molecule has 0 saturated heterocycles. The van der Waals surface area contributed by atoms with Crippen molar-refractivity contribution in [1.82, 2.24) is 5.32 Å². The van der Waals surface area contributed by atoms with Gasteiger partial charge in [0.1, 0.15) is 0 Å². The van der Waals surface area contributed by atoms with Crippen LogP contribution in [0.5, 0.6) is 0 Å². The van der Waals surface area contributed by atoms with Gasteiger partial charge in [-0.25, -0.2) is 0 Å². The normalized spacial score (nSPS) is 21.2. The summed E-state index contributed by atoms with van der Waals surface area (Å²) in [4.78, 5) is 0. The fraction of sp³-hybridized carbons (Fsp3) is 0.400. The molecule has 1 atom stereocenters. The number of likely N-dealkylation sites (N-methyl/N-ethyl adjacent to an activating group) is 1. The summed E-state index contributed by atoms with van der Waals surface area (Å²) in [5.74, 6) is 0. The van der Waals surface area contributed by atoms with E-state index in [2.05, 4.69) is 39.4 Å². The average Bonchev–Trinajstić information content (AvgIpc) is 2.16. The van der Waals surface area contributed by atoms with E-state index < -0.39 is 0 Å². The summed E-state index contributed by atoms with van der Waals surface area (Å²) >= 11 is 3.46. The van der Waals surface area contributed by atoms with Crippen LogP contribution < -0.4 is 5.32 Å². The largest absolute Gasteiger partial charge is 0.375 e. The van der Waals surface area contributed by atoms with Crippen LogP contribution in [0.15, 0.2) is 22.7 Å². The lowest BCUT2D eigenvalue weighted by atomic mass is 9.99. The highest BCUT2D eigenvalue weighted by Crippen LogP contribution is 2.26. The van der Waals surface area contributed by atoms with Crippen LogP contribution in [0.3, 0.4) is 0 Å². The quantitative estimate of drug-likeness (QED) is 0.815. The molecule has 0 radical (unpaired) electrons.